The van der Waals surface area contributed by atoms with Gasteiger partial charge >= 0.3 is 0 Å². The van der Waals surface area contributed by atoms with Crippen molar-refractivity contribution in [3.8, 4) is 0 Å². The largest absolute Gasteiger partial charge is 0.339 e. The van der Waals surface area contributed by atoms with Crippen LogP contribution in [0, 0.1) is 5.82 Å². The third-order valence-corrected chi connectivity index (χ3v) is 4.08. The predicted molar refractivity (Wildman–Crippen MR) is 82.6 cm³/mol. The van der Waals surface area contributed by atoms with Crippen molar-refractivity contribution in [2.75, 3.05) is 18.5 Å². The van der Waals surface area contributed by atoms with E-state index < -0.39 is 5.82 Å². The Morgan fingerprint density at radius 2 is 2.26 bits per heavy atom. The molecule has 2 unspecified atom stereocenters. The average molecular weight is 318 g/mol. The van der Waals surface area contributed by atoms with E-state index >= 15 is 0 Å². The highest BCUT2D eigenvalue weighted by atomic mass is 19.1. The fourth-order valence-electron chi connectivity index (χ4n) is 2.67. The fraction of sp³-hybridized carbons (Fsp3) is 0.438. The number of halogens is 1. The first-order valence-electron chi connectivity index (χ1n) is 7.63. The van der Waals surface area contributed by atoms with Gasteiger partial charge in [0.1, 0.15) is 5.82 Å². The molecule has 1 fully saturated rings. The Labute approximate surface area is 133 Å². The first-order valence-corrected chi connectivity index (χ1v) is 7.63. The number of carbonyl (C=O) groups is 1. The van der Waals surface area contributed by atoms with Crippen LogP contribution in [0.3, 0.4) is 0 Å². The van der Waals surface area contributed by atoms with E-state index in [0.29, 0.717) is 30.4 Å². The highest BCUT2D eigenvalue weighted by Gasteiger charge is 2.36. The van der Waals surface area contributed by atoms with Gasteiger partial charge in [0.05, 0.1) is 11.6 Å². The second kappa shape index (κ2) is 6.45. The highest BCUT2D eigenvalue weighted by Crippen LogP contribution is 2.32. The second-order valence-corrected chi connectivity index (χ2v) is 5.80. The highest BCUT2D eigenvalue weighted by molar-refractivity contribution is 5.96. The summed E-state index contributed by atoms with van der Waals surface area (Å²) in [4.78, 5) is 18.0. The zero-order valence-corrected chi connectivity index (χ0v) is 13.1. The number of nitrogens with one attached hydrogen (secondary N) is 1. The molecule has 122 valence electrons. The SMILES string of the molecule is CNC(C)Cc1noc(C2CC(=O)N(c3ccccc3F)C2)n1. The van der Waals surface area contributed by atoms with Crippen molar-refractivity contribution in [1.29, 1.82) is 0 Å². The number of hydrogen-bond acceptors (Lipinski definition) is 5. The lowest BCUT2D eigenvalue weighted by atomic mass is 10.1. The summed E-state index contributed by atoms with van der Waals surface area (Å²) in [7, 11) is 1.87. The number of benzene rings is 1. The Bertz CT molecular complexity index is 703. The van der Waals surface area contributed by atoms with Gasteiger partial charge in [-0.3, -0.25) is 4.79 Å². The first-order chi connectivity index (χ1) is 11.1. The summed E-state index contributed by atoms with van der Waals surface area (Å²) < 4.78 is 19.2. The molecule has 3 rings (SSSR count). The Morgan fingerprint density at radius 3 is 3.00 bits per heavy atom. The molecule has 23 heavy (non-hydrogen) atoms. The standard InChI is InChI=1S/C16H19FN4O2/c1-10(18-2)7-14-19-16(23-20-14)11-8-15(22)21(9-11)13-6-4-3-5-12(13)17/h3-6,10-11,18H,7-9H2,1-2H3. The van der Waals surface area contributed by atoms with E-state index in [2.05, 4.69) is 15.5 Å². The molecule has 1 aromatic heterocycles. The molecule has 2 aromatic rings. The predicted octanol–water partition coefficient (Wildman–Crippen LogP) is 1.88. The van der Waals surface area contributed by atoms with Crippen LogP contribution in [-0.4, -0.2) is 35.7 Å². The molecule has 0 radical (unpaired) electrons. The van der Waals surface area contributed by atoms with Crippen LogP contribution in [0.1, 0.15) is 31.0 Å². The van der Waals surface area contributed by atoms with Crippen LogP contribution in [0.25, 0.3) is 0 Å². The Kier molecular flexibility index (Phi) is 4.38. The van der Waals surface area contributed by atoms with Crippen molar-refractivity contribution in [2.45, 2.75) is 31.7 Å². The summed E-state index contributed by atoms with van der Waals surface area (Å²) in [6.45, 7) is 2.37. The van der Waals surface area contributed by atoms with Crippen molar-refractivity contribution in [2.24, 2.45) is 0 Å². The third-order valence-electron chi connectivity index (χ3n) is 4.08. The van der Waals surface area contributed by atoms with Crippen molar-refractivity contribution >= 4 is 11.6 Å². The maximum atomic E-state index is 13.9. The summed E-state index contributed by atoms with van der Waals surface area (Å²) in [5.74, 6) is 0.307. The molecule has 1 aromatic carbocycles. The zero-order chi connectivity index (χ0) is 16.4. The summed E-state index contributed by atoms with van der Waals surface area (Å²) in [6.07, 6.45) is 0.898. The van der Waals surface area contributed by atoms with Crippen LogP contribution in [0.2, 0.25) is 0 Å². The van der Waals surface area contributed by atoms with Crippen molar-refractivity contribution < 1.29 is 13.7 Å². The first kappa shape index (κ1) is 15.6. The van der Waals surface area contributed by atoms with Gasteiger partial charge in [0, 0.05) is 25.4 Å². The molecule has 0 aliphatic carbocycles. The molecule has 0 saturated carbocycles. The van der Waals surface area contributed by atoms with Gasteiger partial charge in [0.2, 0.25) is 11.8 Å². The van der Waals surface area contributed by atoms with E-state index in [-0.39, 0.29) is 24.3 Å². The third kappa shape index (κ3) is 3.24. The summed E-state index contributed by atoms with van der Waals surface area (Å²) in [5, 5.41) is 7.07. The maximum Gasteiger partial charge on any atom is 0.232 e. The minimum absolute atomic E-state index is 0.136. The van der Waals surface area contributed by atoms with Gasteiger partial charge in [0.25, 0.3) is 0 Å². The number of amides is 1. The van der Waals surface area contributed by atoms with Crippen LogP contribution < -0.4 is 10.2 Å². The van der Waals surface area contributed by atoms with Crippen molar-refractivity contribution in [1.82, 2.24) is 15.5 Å². The monoisotopic (exact) mass is 318 g/mol. The van der Waals surface area contributed by atoms with Gasteiger partial charge in [0.15, 0.2) is 5.82 Å². The van der Waals surface area contributed by atoms with Gasteiger partial charge < -0.3 is 14.7 Å². The molecule has 0 spiro atoms. The molecule has 7 heteroatoms. The Balaban J connectivity index is 1.74. The molecule has 6 nitrogen and oxygen atoms in total. The van der Waals surface area contributed by atoms with Gasteiger partial charge in [-0.05, 0) is 26.1 Å². The molecular formula is C16H19FN4O2. The number of rotatable bonds is 5. The summed E-state index contributed by atoms with van der Waals surface area (Å²) in [5.41, 5.74) is 0.295. The van der Waals surface area contributed by atoms with Crippen LogP contribution in [0.15, 0.2) is 28.8 Å². The van der Waals surface area contributed by atoms with Crippen molar-refractivity contribution in [3.63, 3.8) is 0 Å². The number of hydrogen-bond donors (Lipinski definition) is 1. The minimum Gasteiger partial charge on any atom is -0.339 e. The maximum absolute atomic E-state index is 13.9. The van der Waals surface area contributed by atoms with E-state index in [0.717, 1.165) is 0 Å². The number of nitrogens with zero attached hydrogens (tertiary/aromatic N) is 3. The molecular weight excluding hydrogens is 299 g/mol. The molecule has 2 heterocycles. The van der Waals surface area contributed by atoms with E-state index in [1.165, 1.54) is 11.0 Å². The number of para-hydroxylation sites is 1. The molecule has 1 N–H and O–H groups in total. The zero-order valence-electron chi connectivity index (χ0n) is 13.1. The van der Waals surface area contributed by atoms with Gasteiger partial charge in [-0.2, -0.15) is 4.98 Å². The average Bonchev–Trinajstić information content (AvgIpc) is 3.14. The lowest BCUT2D eigenvalue weighted by molar-refractivity contribution is -0.117. The van der Waals surface area contributed by atoms with Gasteiger partial charge in [-0.15, -0.1) is 0 Å². The Hall–Kier alpha value is -2.28. The molecule has 0 bridgehead atoms. The van der Waals surface area contributed by atoms with Crippen LogP contribution in [0.5, 0.6) is 0 Å². The van der Waals surface area contributed by atoms with E-state index in [4.69, 9.17) is 4.52 Å². The van der Waals surface area contributed by atoms with E-state index in [1.54, 1.807) is 18.2 Å². The van der Waals surface area contributed by atoms with Crippen molar-refractivity contribution in [3.05, 3.63) is 41.8 Å². The summed E-state index contributed by atoms with van der Waals surface area (Å²) >= 11 is 0. The molecule has 1 aliphatic heterocycles. The minimum atomic E-state index is -0.407. The number of anilines is 1. The molecule has 1 amide bonds. The summed E-state index contributed by atoms with van der Waals surface area (Å²) in [6, 6.07) is 6.50. The van der Waals surface area contributed by atoms with Gasteiger partial charge in [-0.1, -0.05) is 17.3 Å². The van der Waals surface area contributed by atoms with E-state index in [9.17, 15) is 9.18 Å². The fourth-order valence-corrected chi connectivity index (χ4v) is 2.67. The second-order valence-electron chi connectivity index (χ2n) is 5.80. The lowest BCUT2D eigenvalue weighted by Crippen LogP contribution is -2.25. The quantitative estimate of drug-likeness (QED) is 0.911. The topological polar surface area (TPSA) is 71.3 Å². The number of aromatic nitrogens is 2. The van der Waals surface area contributed by atoms with Crippen LogP contribution in [-0.2, 0) is 11.2 Å². The molecule has 1 aliphatic rings. The smallest absolute Gasteiger partial charge is 0.232 e. The van der Waals surface area contributed by atoms with Crippen LogP contribution in [0.4, 0.5) is 10.1 Å². The number of carbonyl (C=O) groups excluding carboxylic acids is 1. The Morgan fingerprint density at radius 1 is 1.48 bits per heavy atom. The normalized spacial score (nSPS) is 19.3. The van der Waals surface area contributed by atoms with Crippen LogP contribution >= 0.6 is 0 Å². The molecule has 2 atom stereocenters. The number of likely N-dealkylation sites (N-methyl/N-ethyl adjacent to an activating group) is 1. The lowest BCUT2D eigenvalue weighted by Gasteiger charge is -2.16. The van der Waals surface area contributed by atoms with E-state index in [1.807, 2.05) is 14.0 Å². The van der Waals surface area contributed by atoms with Gasteiger partial charge in [-0.25, -0.2) is 4.39 Å². The molecule has 1 saturated heterocycles.